The molecule has 114 valence electrons. The van der Waals surface area contributed by atoms with Crippen LogP contribution < -0.4 is 5.32 Å². The molecule has 0 aliphatic carbocycles. The maximum atomic E-state index is 12.9. The van der Waals surface area contributed by atoms with Crippen LogP contribution in [0, 0.1) is 0 Å². The number of carbonyl (C=O) groups is 1. The molecule has 1 unspecified atom stereocenters. The highest BCUT2D eigenvalue weighted by Gasteiger charge is 2.39. The van der Waals surface area contributed by atoms with Crippen LogP contribution in [0.1, 0.15) is 11.6 Å². The quantitative estimate of drug-likeness (QED) is 0.934. The maximum absolute atomic E-state index is 12.9. The summed E-state index contributed by atoms with van der Waals surface area (Å²) in [5.74, 6) is -0.294. The summed E-state index contributed by atoms with van der Waals surface area (Å²) in [4.78, 5) is 12.5. The van der Waals surface area contributed by atoms with Crippen molar-refractivity contribution in [2.75, 3.05) is 13.1 Å². The van der Waals surface area contributed by atoms with Crippen molar-refractivity contribution < 1.29 is 13.2 Å². The number of amides is 1. The van der Waals surface area contributed by atoms with E-state index in [2.05, 4.69) is 5.32 Å². The lowest BCUT2D eigenvalue weighted by molar-refractivity contribution is -0.126. The van der Waals surface area contributed by atoms with Crippen molar-refractivity contribution in [3.63, 3.8) is 0 Å². The van der Waals surface area contributed by atoms with Gasteiger partial charge in [-0.05, 0) is 17.7 Å². The number of piperazine rings is 1. The Morgan fingerprint density at radius 2 is 1.55 bits per heavy atom. The molecule has 1 fully saturated rings. The molecule has 2 aromatic rings. The van der Waals surface area contributed by atoms with Gasteiger partial charge >= 0.3 is 0 Å². The second-order valence-corrected chi connectivity index (χ2v) is 6.92. The summed E-state index contributed by atoms with van der Waals surface area (Å²) >= 11 is 0. The highest BCUT2D eigenvalue weighted by molar-refractivity contribution is 7.89. The lowest BCUT2D eigenvalue weighted by atomic mass is 10.1. The average Bonchev–Trinajstić information content (AvgIpc) is 2.56. The molecule has 1 aliphatic rings. The van der Waals surface area contributed by atoms with Crippen LogP contribution in [0.25, 0.3) is 0 Å². The Labute approximate surface area is 129 Å². The van der Waals surface area contributed by atoms with Crippen molar-refractivity contribution in [3.8, 4) is 0 Å². The topological polar surface area (TPSA) is 66.5 Å². The molecule has 0 radical (unpaired) electrons. The second kappa shape index (κ2) is 5.90. The van der Waals surface area contributed by atoms with Gasteiger partial charge in [-0.3, -0.25) is 4.79 Å². The summed E-state index contributed by atoms with van der Waals surface area (Å²) < 4.78 is 27.0. The normalized spacial score (nSPS) is 19.6. The zero-order chi connectivity index (χ0) is 15.6. The fraction of sp³-hybridized carbons (Fsp3) is 0.188. The molecular weight excluding hydrogens is 300 g/mol. The summed E-state index contributed by atoms with van der Waals surface area (Å²) in [7, 11) is -3.72. The average molecular weight is 316 g/mol. The number of nitrogens with zero attached hydrogens (tertiary/aromatic N) is 1. The van der Waals surface area contributed by atoms with E-state index in [1.165, 1.54) is 4.31 Å². The summed E-state index contributed by atoms with van der Waals surface area (Å²) in [6, 6.07) is 16.3. The Hall–Kier alpha value is -2.18. The van der Waals surface area contributed by atoms with Crippen LogP contribution in [0.2, 0.25) is 0 Å². The van der Waals surface area contributed by atoms with Crippen LogP contribution in [0.4, 0.5) is 0 Å². The molecule has 3 rings (SSSR count). The Balaban J connectivity index is 2.05. The van der Waals surface area contributed by atoms with Crippen molar-refractivity contribution in [1.82, 2.24) is 9.62 Å². The van der Waals surface area contributed by atoms with Gasteiger partial charge in [-0.15, -0.1) is 0 Å². The van der Waals surface area contributed by atoms with E-state index < -0.39 is 16.1 Å². The van der Waals surface area contributed by atoms with Crippen LogP contribution in [0.15, 0.2) is 65.6 Å². The fourth-order valence-electron chi connectivity index (χ4n) is 2.59. The number of benzene rings is 2. The zero-order valence-corrected chi connectivity index (χ0v) is 12.7. The van der Waals surface area contributed by atoms with Crippen LogP contribution in [-0.2, 0) is 14.8 Å². The maximum Gasteiger partial charge on any atom is 0.244 e. The molecule has 6 heteroatoms. The van der Waals surface area contributed by atoms with E-state index in [1.54, 1.807) is 54.6 Å². The Morgan fingerprint density at radius 3 is 2.18 bits per heavy atom. The fourth-order valence-corrected chi connectivity index (χ4v) is 4.18. The summed E-state index contributed by atoms with van der Waals surface area (Å²) in [5, 5.41) is 2.74. The molecule has 0 spiro atoms. The third-order valence-corrected chi connectivity index (χ3v) is 5.51. The van der Waals surface area contributed by atoms with Crippen molar-refractivity contribution in [2.45, 2.75) is 10.9 Å². The number of rotatable bonds is 3. The number of sulfonamides is 1. The van der Waals surface area contributed by atoms with Gasteiger partial charge in [0.2, 0.25) is 15.9 Å². The van der Waals surface area contributed by atoms with Crippen molar-refractivity contribution >= 4 is 15.9 Å². The van der Waals surface area contributed by atoms with Crippen LogP contribution in [-0.4, -0.2) is 31.7 Å². The van der Waals surface area contributed by atoms with Gasteiger partial charge in [0.1, 0.15) is 6.04 Å². The smallest absolute Gasteiger partial charge is 0.244 e. The van der Waals surface area contributed by atoms with Gasteiger partial charge in [0.15, 0.2) is 0 Å². The van der Waals surface area contributed by atoms with E-state index in [-0.39, 0.29) is 17.3 Å². The molecule has 5 nitrogen and oxygen atoms in total. The molecule has 0 aromatic heterocycles. The van der Waals surface area contributed by atoms with E-state index in [9.17, 15) is 13.2 Å². The van der Waals surface area contributed by atoms with E-state index in [0.29, 0.717) is 12.1 Å². The van der Waals surface area contributed by atoms with Crippen molar-refractivity contribution in [2.24, 2.45) is 0 Å². The predicted molar refractivity (Wildman–Crippen MR) is 82.5 cm³/mol. The minimum atomic E-state index is -3.72. The second-order valence-electron chi connectivity index (χ2n) is 5.03. The number of nitrogens with one attached hydrogen (secondary N) is 1. The SMILES string of the molecule is O=C1NCCN(S(=O)(=O)c2ccccc2)C1c1ccccc1. The Bertz CT molecular complexity index is 760. The molecule has 2 aromatic carbocycles. The third kappa shape index (κ3) is 2.63. The van der Waals surface area contributed by atoms with E-state index in [0.717, 1.165) is 0 Å². The molecular formula is C16H16N2O3S. The van der Waals surface area contributed by atoms with Gasteiger partial charge in [-0.25, -0.2) is 8.42 Å². The Morgan fingerprint density at radius 1 is 0.955 bits per heavy atom. The molecule has 1 N–H and O–H groups in total. The third-order valence-electron chi connectivity index (χ3n) is 3.63. The largest absolute Gasteiger partial charge is 0.353 e. The Kier molecular flexibility index (Phi) is 3.96. The minimum absolute atomic E-state index is 0.200. The van der Waals surface area contributed by atoms with Crippen molar-refractivity contribution in [3.05, 3.63) is 66.2 Å². The summed E-state index contributed by atoms with van der Waals surface area (Å²) in [6.07, 6.45) is 0. The van der Waals surface area contributed by atoms with Gasteiger partial charge < -0.3 is 5.32 Å². The number of hydrogen-bond acceptors (Lipinski definition) is 3. The van der Waals surface area contributed by atoms with Gasteiger partial charge in [0.05, 0.1) is 4.90 Å². The highest BCUT2D eigenvalue weighted by atomic mass is 32.2. The van der Waals surface area contributed by atoms with Crippen LogP contribution in [0.3, 0.4) is 0 Å². The van der Waals surface area contributed by atoms with E-state index in [1.807, 2.05) is 6.07 Å². The van der Waals surface area contributed by atoms with E-state index in [4.69, 9.17) is 0 Å². The molecule has 1 atom stereocenters. The molecule has 0 saturated carbocycles. The van der Waals surface area contributed by atoms with E-state index >= 15 is 0 Å². The lowest BCUT2D eigenvalue weighted by Gasteiger charge is -2.34. The summed E-state index contributed by atoms with van der Waals surface area (Å²) in [5.41, 5.74) is 0.666. The first kappa shape index (κ1) is 14.7. The lowest BCUT2D eigenvalue weighted by Crippen LogP contribution is -2.52. The molecule has 22 heavy (non-hydrogen) atoms. The van der Waals surface area contributed by atoms with Crippen LogP contribution in [0.5, 0.6) is 0 Å². The predicted octanol–water partition coefficient (Wildman–Crippen LogP) is 1.55. The van der Waals surface area contributed by atoms with Crippen molar-refractivity contribution in [1.29, 1.82) is 0 Å². The molecule has 1 aliphatic heterocycles. The monoisotopic (exact) mass is 316 g/mol. The molecule has 1 saturated heterocycles. The highest BCUT2D eigenvalue weighted by Crippen LogP contribution is 2.29. The first-order valence-electron chi connectivity index (χ1n) is 7.00. The molecule has 1 amide bonds. The van der Waals surface area contributed by atoms with Gasteiger partial charge in [-0.2, -0.15) is 4.31 Å². The number of carbonyl (C=O) groups excluding carboxylic acids is 1. The standard InChI is InChI=1S/C16H16N2O3S/c19-16-15(13-7-3-1-4-8-13)18(12-11-17-16)22(20,21)14-9-5-2-6-10-14/h1-10,15H,11-12H2,(H,17,19). The summed E-state index contributed by atoms with van der Waals surface area (Å²) in [6.45, 7) is 0.566. The van der Waals surface area contributed by atoms with Gasteiger partial charge in [-0.1, -0.05) is 48.5 Å². The minimum Gasteiger partial charge on any atom is -0.353 e. The first-order chi connectivity index (χ1) is 10.6. The van der Waals surface area contributed by atoms with Gasteiger partial charge in [0, 0.05) is 13.1 Å². The number of hydrogen-bond donors (Lipinski definition) is 1. The zero-order valence-electron chi connectivity index (χ0n) is 11.8. The van der Waals surface area contributed by atoms with Crippen LogP contribution >= 0.6 is 0 Å². The molecule has 1 heterocycles. The van der Waals surface area contributed by atoms with Gasteiger partial charge in [0.25, 0.3) is 0 Å². The first-order valence-corrected chi connectivity index (χ1v) is 8.44. The molecule has 0 bridgehead atoms.